The number of hydrogen-bond acceptors (Lipinski definition) is 4. The van der Waals surface area contributed by atoms with E-state index in [0.717, 1.165) is 19.4 Å². The first-order valence-electron chi connectivity index (χ1n) is 8.31. The lowest BCUT2D eigenvalue weighted by Gasteiger charge is -2.45. The average Bonchev–Trinajstić information content (AvgIpc) is 2.81. The van der Waals surface area contributed by atoms with Crippen molar-refractivity contribution in [2.45, 2.75) is 83.4 Å². The maximum Gasteiger partial charge on any atom is 0.113 e. The minimum absolute atomic E-state index is 0.00206. The Kier molecular flexibility index (Phi) is 4.15. The number of ether oxygens (including phenoxy) is 1. The Hall–Kier alpha value is -0.450. The van der Waals surface area contributed by atoms with Crippen LogP contribution in [0.1, 0.15) is 69.0 Å². The molecule has 0 saturated carbocycles. The molecule has 0 amide bonds. The number of fused-ring (bicyclic) bond motifs is 1. The Morgan fingerprint density at radius 3 is 2.67 bits per heavy atom. The van der Waals surface area contributed by atoms with Crippen molar-refractivity contribution in [3.8, 4) is 0 Å². The molecule has 21 heavy (non-hydrogen) atoms. The van der Waals surface area contributed by atoms with Crippen molar-refractivity contribution in [1.29, 1.82) is 0 Å². The van der Waals surface area contributed by atoms with Crippen LogP contribution in [-0.4, -0.2) is 23.2 Å². The predicted molar refractivity (Wildman–Crippen MR) is 88.0 cm³/mol. The van der Waals surface area contributed by atoms with Crippen LogP contribution in [0.25, 0.3) is 0 Å². The van der Waals surface area contributed by atoms with Crippen LogP contribution >= 0.6 is 11.3 Å². The Bertz CT molecular complexity index is 485. The van der Waals surface area contributed by atoms with E-state index in [-0.39, 0.29) is 11.1 Å². The fraction of sp³-hybridized carbons (Fsp3) is 0.824. The Morgan fingerprint density at radius 1 is 1.24 bits per heavy atom. The molecular weight excluding hydrogens is 280 g/mol. The van der Waals surface area contributed by atoms with Gasteiger partial charge in [0, 0.05) is 23.9 Å². The van der Waals surface area contributed by atoms with Gasteiger partial charge in [0.15, 0.2) is 0 Å². The molecule has 118 valence electrons. The fourth-order valence-corrected chi connectivity index (χ4v) is 5.17. The smallest absolute Gasteiger partial charge is 0.113 e. The molecule has 0 aromatic carbocycles. The number of aromatic nitrogens is 1. The molecule has 3 rings (SSSR count). The maximum atomic E-state index is 5.96. The SMILES string of the molecule is CC(C)NC1(c2nc3c(s2)CCCC3)CCOC(C)(C)C1. The summed E-state index contributed by atoms with van der Waals surface area (Å²) in [6.45, 7) is 9.69. The minimum atomic E-state index is -0.0771. The van der Waals surface area contributed by atoms with Crippen molar-refractivity contribution in [3.63, 3.8) is 0 Å². The monoisotopic (exact) mass is 308 g/mol. The molecule has 1 aliphatic heterocycles. The van der Waals surface area contributed by atoms with Crippen LogP contribution in [0.4, 0.5) is 0 Å². The molecule has 1 aromatic rings. The third-order valence-corrected chi connectivity index (χ3v) is 5.93. The van der Waals surface area contributed by atoms with Crippen LogP contribution in [0, 0.1) is 0 Å². The van der Waals surface area contributed by atoms with E-state index in [1.165, 1.54) is 41.3 Å². The number of aryl methyl sites for hydroxylation is 2. The normalized spacial score (nSPS) is 28.6. The van der Waals surface area contributed by atoms with Gasteiger partial charge in [0.25, 0.3) is 0 Å². The van der Waals surface area contributed by atoms with Crippen molar-refractivity contribution in [2.24, 2.45) is 0 Å². The van der Waals surface area contributed by atoms with Crippen molar-refractivity contribution in [3.05, 3.63) is 15.6 Å². The molecule has 0 spiro atoms. The minimum Gasteiger partial charge on any atom is -0.375 e. The van der Waals surface area contributed by atoms with Gasteiger partial charge in [-0.1, -0.05) is 0 Å². The van der Waals surface area contributed by atoms with Gasteiger partial charge in [-0.25, -0.2) is 4.98 Å². The van der Waals surface area contributed by atoms with Gasteiger partial charge in [-0.2, -0.15) is 0 Å². The van der Waals surface area contributed by atoms with E-state index in [4.69, 9.17) is 9.72 Å². The summed E-state index contributed by atoms with van der Waals surface area (Å²) in [6, 6.07) is 0.458. The van der Waals surface area contributed by atoms with E-state index < -0.39 is 0 Å². The number of hydrogen-bond donors (Lipinski definition) is 1. The first-order chi connectivity index (χ1) is 9.90. The summed E-state index contributed by atoms with van der Waals surface area (Å²) in [5, 5.41) is 5.15. The van der Waals surface area contributed by atoms with Gasteiger partial charge in [0.1, 0.15) is 5.01 Å². The summed E-state index contributed by atoms with van der Waals surface area (Å²) in [7, 11) is 0. The van der Waals surface area contributed by atoms with Gasteiger partial charge >= 0.3 is 0 Å². The number of rotatable bonds is 3. The van der Waals surface area contributed by atoms with Gasteiger partial charge < -0.3 is 10.1 Å². The van der Waals surface area contributed by atoms with Crippen molar-refractivity contribution >= 4 is 11.3 Å². The highest BCUT2D eigenvalue weighted by molar-refractivity contribution is 7.11. The maximum absolute atomic E-state index is 5.96. The molecule has 1 aromatic heterocycles. The van der Waals surface area contributed by atoms with Crippen LogP contribution in [-0.2, 0) is 23.1 Å². The van der Waals surface area contributed by atoms with E-state index >= 15 is 0 Å². The lowest BCUT2D eigenvalue weighted by Crippen LogP contribution is -2.54. The first kappa shape index (κ1) is 15.4. The van der Waals surface area contributed by atoms with Crippen LogP contribution in [0.15, 0.2) is 0 Å². The lowest BCUT2D eigenvalue weighted by molar-refractivity contribution is -0.0914. The van der Waals surface area contributed by atoms with E-state index in [9.17, 15) is 0 Å². The first-order valence-corrected chi connectivity index (χ1v) is 9.13. The molecule has 1 aliphatic carbocycles. The summed E-state index contributed by atoms with van der Waals surface area (Å²) in [5.74, 6) is 0. The molecule has 4 heteroatoms. The predicted octanol–water partition coefficient (Wildman–Crippen LogP) is 3.80. The van der Waals surface area contributed by atoms with Gasteiger partial charge in [-0.05, 0) is 59.8 Å². The van der Waals surface area contributed by atoms with Gasteiger partial charge in [-0.3, -0.25) is 0 Å². The Balaban J connectivity index is 1.96. The molecule has 1 unspecified atom stereocenters. The zero-order valence-corrected chi connectivity index (χ0v) is 14.6. The lowest BCUT2D eigenvalue weighted by atomic mass is 9.81. The van der Waals surface area contributed by atoms with E-state index in [0.29, 0.717) is 6.04 Å². The zero-order chi connectivity index (χ0) is 15.1. The second kappa shape index (κ2) is 5.64. The van der Waals surface area contributed by atoms with Crippen LogP contribution in [0.2, 0.25) is 0 Å². The van der Waals surface area contributed by atoms with E-state index in [2.05, 4.69) is 33.0 Å². The molecule has 1 saturated heterocycles. The third kappa shape index (κ3) is 3.17. The van der Waals surface area contributed by atoms with Gasteiger partial charge in [0.05, 0.1) is 16.8 Å². The highest BCUT2D eigenvalue weighted by Crippen LogP contribution is 2.43. The summed E-state index contributed by atoms with van der Waals surface area (Å²) < 4.78 is 5.96. The highest BCUT2D eigenvalue weighted by Gasteiger charge is 2.44. The molecule has 0 bridgehead atoms. The third-order valence-electron chi connectivity index (χ3n) is 4.57. The molecule has 0 radical (unpaired) electrons. The zero-order valence-electron chi connectivity index (χ0n) is 13.8. The second-order valence-electron chi connectivity index (χ2n) is 7.51. The molecule has 2 heterocycles. The fourth-order valence-electron chi connectivity index (χ4n) is 3.84. The second-order valence-corrected chi connectivity index (χ2v) is 8.60. The molecular formula is C17H28N2OS. The Morgan fingerprint density at radius 2 is 2.00 bits per heavy atom. The number of thiazole rings is 1. The van der Waals surface area contributed by atoms with Gasteiger partial charge in [0.2, 0.25) is 0 Å². The van der Waals surface area contributed by atoms with Crippen molar-refractivity contribution < 1.29 is 4.74 Å². The molecule has 2 aliphatic rings. The largest absolute Gasteiger partial charge is 0.375 e. The summed E-state index contributed by atoms with van der Waals surface area (Å²) in [4.78, 5) is 6.60. The van der Waals surface area contributed by atoms with Crippen molar-refractivity contribution in [2.75, 3.05) is 6.61 Å². The molecule has 1 N–H and O–H groups in total. The molecule has 1 atom stereocenters. The number of nitrogens with one attached hydrogen (secondary N) is 1. The van der Waals surface area contributed by atoms with Crippen LogP contribution in [0.5, 0.6) is 0 Å². The average molecular weight is 308 g/mol. The number of nitrogens with zero attached hydrogens (tertiary/aromatic N) is 1. The standard InChI is InChI=1S/C17H28N2OS/c1-12(2)19-17(9-10-20-16(3,4)11-17)15-18-13-7-5-6-8-14(13)21-15/h12,19H,5-11H2,1-4H3. The summed E-state index contributed by atoms with van der Waals surface area (Å²) in [6.07, 6.45) is 7.06. The summed E-state index contributed by atoms with van der Waals surface area (Å²) >= 11 is 1.95. The van der Waals surface area contributed by atoms with Crippen molar-refractivity contribution in [1.82, 2.24) is 10.3 Å². The quantitative estimate of drug-likeness (QED) is 0.922. The Labute approximate surface area is 132 Å². The van der Waals surface area contributed by atoms with Crippen LogP contribution < -0.4 is 5.32 Å². The van der Waals surface area contributed by atoms with Crippen LogP contribution in [0.3, 0.4) is 0 Å². The van der Waals surface area contributed by atoms with E-state index in [1.807, 2.05) is 11.3 Å². The summed E-state index contributed by atoms with van der Waals surface area (Å²) in [5.41, 5.74) is 1.29. The highest BCUT2D eigenvalue weighted by atomic mass is 32.1. The van der Waals surface area contributed by atoms with E-state index in [1.54, 1.807) is 0 Å². The molecule has 1 fully saturated rings. The molecule has 3 nitrogen and oxygen atoms in total. The topological polar surface area (TPSA) is 34.2 Å². The van der Waals surface area contributed by atoms with Gasteiger partial charge in [-0.15, -0.1) is 11.3 Å².